The second kappa shape index (κ2) is 3.88. The van der Waals surface area contributed by atoms with Gasteiger partial charge in [-0.3, -0.25) is 0 Å². The largest absolute Gasteiger partial charge is 0.478 e. The van der Waals surface area contributed by atoms with Gasteiger partial charge in [0.25, 0.3) is 0 Å². The van der Waals surface area contributed by atoms with E-state index in [0.29, 0.717) is 0 Å². The third-order valence-corrected chi connectivity index (χ3v) is 0.989. The van der Waals surface area contributed by atoms with E-state index in [1.165, 1.54) is 12.3 Å². The lowest BCUT2D eigenvalue weighted by Gasteiger charge is -1.91. The Balaban J connectivity index is 0.000001000. The molecule has 0 radical (unpaired) electrons. The van der Waals surface area contributed by atoms with Gasteiger partial charge in [-0.05, 0) is 12.1 Å². The van der Waals surface area contributed by atoms with Gasteiger partial charge in [0, 0.05) is 6.20 Å². The van der Waals surface area contributed by atoms with Gasteiger partial charge in [-0.2, -0.15) is 4.39 Å². The summed E-state index contributed by atoms with van der Waals surface area (Å²) < 4.78 is 12.3. The summed E-state index contributed by atoms with van der Waals surface area (Å²) >= 11 is 0. The molecule has 11 heavy (non-hydrogen) atoms. The zero-order chi connectivity index (χ0) is 7.56. The second-order valence-corrected chi connectivity index (χ2v) is 1.65. The standard InChI is InChI=1S/C6H4FNO2.ClH/c7-5-4(6(9)10)2-1-3-8-5;/h1-3H,(H,9,10);1H. The molecule has 1 aromatic heterocycles. The van der Waals surface area contributed by atoms with E-state index in [-0.39, 0.29) is 12.4 Å². The second-order valence-electron chi connectivity index (χ2n) is 1.65. The molecule has 0 atom stereocenters. The van der Waals surface area contributed by atoms with E-state index in [9.17, 15) is 9.18 Å². The molecule has 0 aliphatic carbocycles. The van der Waals surface area contributed by atoms with Crippen LogP contribution < -0.4 is 0 Å². The normalized spacial score (nSPS) is 8.45. The van der Waals surface area contributed by atoms with Crippen molar-refractivity contribution in [1.29, 1.82) is 0 Å². The quantitative estimate of drug-likeness (QED) is 0.659. The van der Waals surface area contributed by atoms with Gasteiger partial charge in [-0.1, -0.05) is 0 Å². The SMILES string of the molecule is Cl.O=C(O)c1cccnc1F. The molecule has 0 spiro atoms. The van der Waals surface area contributed by atoms with Crippen molar-refractivity contribution in [3.63, 3.8) is 0 Å². The summed E-state index contributed by atoms with van der Waals surface area (Å²) in [6, 6.07) is 2.52. The highest BCUT2D eigenvalue weighted by Crippen LogP contribution is 2.01. The molecular formula is C6H5ClFNO2. The molecule has 0 bridgehead atoms. The lowest BCUT2D eigenvalue weighted by atomic mass is 10.3. The van der Waals surface area contributed by atoms with Crippen LogP contribution >= 0.6 is 12.4 Å². The van der Waals surface area contributed by atoms with Crippen LogP contribution in [0.4, 0.5) is 4.39 Å². The van der Waals surface area contributed by atoms with Crippen LogP contribution in [0.5, 0.6) is 0 Å². The first-order valence-electron chi connectivity index (χ1n) is 2.55. The van der Waals surface area contributed by atoms with Crippen LogP contribution in [0, 0.1) is 5.95 Å². The molecule has 1 heterocycles. The molecule has 1 N–H and O–H groups in total. The Kier molecular flexibility index (Phi) is 3.47. The molecule has 0 aliphatic rings. The zero-order valence-electron chi connectivity index (χ0n) is 5.32. The van der Waals surface area contributed by atoms with E-state index in [4.69, 9.17) is 5.11 Å². The van der Waals surface area contributed by atoms with Gasteiger partial charge in [-0.25, -0.2) is 9.78 Å². The van der Waals surface area contributed by atoms with Gasteiger partial charge in [0.15, 0.2) is 0 Å². The number of nitrogens with zero attached hydrogens (tertiary/aromatic N) is 1. The maximum atomic E-state index is 12.3. The lowest BCUT2D eigenvalue weighted by molar-refractivity contribution is 0.0691. The Morgan fingerprint density at radius 1 is 1.64 bits per heavy atom. The number of pyridine rings is 1. The highest BCUT2D eigenvalue weighted by Gasteiger charge is 2.08. The summed E-state index contributed by atoms with van der Waals surface area (Å²) in [7, 11) is 0. The fraction of sp³-hybridized carbons (Fsp3) is 0. The molecule has 0 aliphatic heterocycles. The van der Waals surface area contributed by atoms with Crippen LogP contribution in [-0.4, -0.2) is 16.1 Å². The van der Waals surface area contributed by atoms with Crippen molar-refractivity contribution in [3.05, 3.63) is 29.8 Å². The van der Waals surface area contributed by atoms with Crippen molar-refractivity contribution in [2.24, 2.45) is 0 Å². The minimum Gasteiger partial charge on any atom is -0.478 e. The summed E-state index contributed by atoms with van der Waals surface area (Å²) in [6.45, 7) is 0. The predicted molar refractivity (Wildman–Crippen MR) is 38.4 cm³/mol. The van der Waals surface area contributed by atoms with Crippen molar-refractivity contribution in [3.8, 4) is 0 Å². The van der Waals surface area contributed by atoms with Crippen molar-refractivity contribution >= 4 is 18.4 Å². The van der Waals surface area contributed by atoms with Gasteiger partial charge in [0.2, 0.25) is 5.95 Å². The van der Waals surface area contributed by atoms with E-state index >= 15 is 0 Å². The fourth-order valence-corrected chi connectivity index (χ4v) is 0.546. The summed E-state index contributed by atoms with van der Waals surface area (Å²) in [4.78, 5) is 13.3. The Morgan fingerprint density at radius 3 is 2.64 bits per heavy atom. The highest BCUT2D eigenvalue weighted by atomic mass is 35.5. The molecule has 3 nitrogen and oxygen atoms in total. The average molecular weight is 178 g/mol. The maximum Gasteiger partial charge on any atom is 0.340 e. The van der Waals surface area contributed by atoms with Crippen molar-refractivity contribution in [1.82, 2.24) is 4.98 Å². The van der Waals surface area contributed by atoms with E-state index in [0.717, 1.165) is 6.07 Å². The van der Waals surface area contributed by atoms with Gasteiger partial charge in [0.05, 0.1) is 0 Å². The molecule has 1 rings (SSSR count). The molecule has 0 aromatic carbocycles. The Morgan fingerprint density at radius 2 is 2.27 bits per heavy atom. The summed E-state index contributed by atoms with van der Waals surface area (Å²) in [5.74, 6) is -2.25. The Labute approximate surface area is 68.3 Å². The van der Waals surface area contributed by atoms with Crippen molar-refractivity contribution in [2.75, 3.05) is 0 Å². The number of aromatic nitrogens is 1. The molecule has 0 saturated carbocycles. The number of halogens is 2. The van der Waals surface area contributed by atoms with Gasteiger partial charge in [-0.15, -0.1) is 12.4 Å². The Hall–Kier alpha value is -1.16. The number of hydrogen-bond donors (Lipinski definition) is 1. The summed E-state index contributed by atoms with van der Waals surface area (Å²) in [5, 5.41) is 8.29. The monoisotopic (exact) mass is 177 g/mol. The van der Waals surface area contributed by atoms with Crippen molar-refractivity contribution in [2.45, 2.75) is 0 Å². The smallest absolute Gasteiger partial charge is 0.340 e. The fourth-order valence-electron chi connectivity index (χ4n) is 0.546. The van der Waals surface area contributed by atoms with Crippen LogP contribution in [0.25, 0.3) is 0 Å². The van der Waals surface area contributed by atoms with Gasteiger partial charge in [0.1, 0.15) is 5.56 Å². The average Bonchev–Trinajstić information content (AvgIpc) is 1.88. The number of carbonyl (C=O) groups is 1. The molecule has 0 amide bonds. The first kappa shape index (κ1) is 9.84. The summed E-state index contributed by atoms with van der Waals surface area (Å²) in [6.07, 6.45) is 1.20. The molecule has 0 fully saturated rings. The maximum absolute atomic E-state index is 12.3. The number of carboxylic acid groups (broad SMARTS) is 1. The lowest BCUT2D eigenvalue weighted by Crippen LogP contribution is -2.01. The predicted octanol–water partition coefficient (Wildman–Crippen LogP) is 1.34. The number of aromatic carboxylic acids is 1. The number of hydrogen-bond acceptors (Lipinski definition) is 2. The first-order chi connectivity index (χ1) is 4.72. The van der Waals surface area contributed by atoms with Crippen LogP contribution in [0.3, 0.4) is 0 Å². The number of rotatable bonds is 1. The van der Waals surface area contributed by atoms with Crippen LogP contribution in [0.1, 0.15) is 10.4 Å². The van der Waals surface area contributed by atoms with E-state index in [2.05, 4.69) is 4.98 Å². The number of carboxylic acids is 1. The molecule has 5 heteroatoms. The van der Waals surface area contributed by atoms with Gasteiger partial charge < -0.3 is 5.11 Å². The molecule has 60 valence electrons. The van der Waals surface area contributed by atoms with Crippen LogP contribution in [0.15, 0.2) is 18.3 Å². The topological polar surface area (TPSA) is 50.2 Å². The highest BCUT2D eigenvalue weighted by molar-refractivity contribution is 5.87. The van der Waals surface area contributed by atoms with Crippen LogP contribution in [0.2, 0.25) is 0 Å². The van der Waals surface area contributed by atoms with Crippen LogP contribution in [-0.2, 0) is 0 Å². The minimum atomic E-state index is -1.30. The third kappa shape index (κ3) is 2.16. The van der Waals surface area contributed by atoms with E-state index in [1.54, 1.807) is 0 Å². The zero-order valence-corrected chi connectivity index (χ0v) is 6.14. The Bertz CT molecular complexity index is 267. The summed E-state index contributed by atoms with van der Waals surface area (Å²) in [5.41, 5.74) is -0.400. The molecule has 1 aromatic rings. The third-order valence-electron chi connectivity index (χ3n) is 0.989. The van der Waals surface area contributed by atoms with E-state index in [1.807, 2.05) is 0 Å². The van der Waals surface area contributed by atoms with Crippen molar-refractivity contribution < 1.29 is 14.3 Å². The first-order valence-corrected chi connectivity index (χ1v) is 2.55. The molecule has 0 saturated heterocycles. The molecule has 0 unspecified atom stereocenters. The van der Waals surface area contributed by atoms with E-state index < -0.39 is 17.5 Å². The molecular weight excluding hydrogens is 173 g/mol. The minimum absolute atomic E-state index is 0. The van der Waals surface area contributed by atoms with Gasteiger partial charge >= 0.3 is 5.97 Å².